The summed E-state index contributed by atoms with van der Waals surface area (Å²) in [6, 6.07) is 28.1. The second-order valence-electron chi connectivity index (χ2n) is 7.22. The molecular weight excluding hydrogens is 455 g/mol. The number of fused-ring (bicyclic) bond motifs is 1. The Kier molecular flexibility index (Phi) is 6.95. The van der Waals surface area contributed by atoms with E-state index in [0.717, 1.165) is 16.3 Å². The summed E-state index contributed by atoms with van der Waals surface area (Å²) >= 11 is 11.9. The maximum absolute atomic E-state index is 12.7. The molecule has 0 aliphatic carbocycles. The number of halogens is 2. The van der Waals surface area contributed by atoms with Gasteiger partial charge >= 0.3 is 0 Å². The molecule has 1 N–H and O–H groups in total. The Hall–Kier alpha value is -3.78. The van der Waals surface area contributed by atoms with Gasteiger partial charge in [0.25, 0.3) is 5.91 Å². The van der Waals surface area contributed by atoms with Crippen LogP contribution < -0.4 is 10.1 Å². The van der Waals surface area contributed by atoms with Gasteiger partial charge in [0.05, 0.1) is 10.0 Å². The SMILES string of the molecule is N#C/C(=C\c1ccccc1OCc1cccc2ccccc12)C(=O)Nc1ccc(Cl)c(Cl)c1. The molecule has 1 amide bonds. The minimum absolute atomic E-state index is 0.0673. The molecule has 4 nitrogen and oxygen atoms in total. The second kappa shape index (κ2) is 10.2. The van der Waals surface area contributed by atoms with Gasteiger partial charge in [0.15, 0.2) is 0 Å². The molecule has 0 aliphatic rings. The van der Waals surface area contributed by atoms with Crippen molar-refractivity contribution in [3.05, 3.63) is 112 Å². The van der Waals surface area contributed by atoms with Gasteiger partial charge in [-0.05, 0) is 46.7 Å². The Labute approximate surface area is 201 Å². The molecule has 0 saturated carbocycles. The van der Waals surface area contributed by atoms with E-state index < -0.39 is 5.91 Å². The van der Waals surface area contributed by atoms with E-state index >= 15 is 0 Å². The van der Waals surface area contributed by atoms with Crippen LogP contribution in [0.4, 0.5) is 5.69 Å². The van der Waals surface area contributed by atoms with Crippen molar-refractivity contribution >= 4 is 51.6 Å². The molecule has 0 saturated heterocycles. The van der Waals surface area contributed by atoms with Crippen LogP contribution in [-0.4, -0.2) is 5.91 Å². The van der Waals surface area contributed by atoms with Gasteiger partial charge in [0.1, 0.15) is 24.0 Å². The molecule has 0 spiro atoms. The van der Waals surface area contributed by atoms with Gasteiger partial charge in [-0.15, -0.1) is 0 Å². The predicted molar refractivity (Wildman–Crippen MR) is 133 cm³/mol. The number of hydrogen-bond donors (Lipinski definition) is 1. The first-order valence-corrected chi connectivity index (χ1v) is 10.9. The van der Waals surface area contributed by atoms with E-state index in [1.807, 2.05) is 48.5 Å². The summed E-state index contributed by atoms with van der Waals surface area (Å²) in [6.07, 6.45) is 1.51. The van der Waals surface area contributed by atoms with E-state index in [1.54, 1.807) is 18.2 Å². The smallest absolute Gasteiger partial charge is 0.266 e. The van der Waals surface area contributed by atoms with Gasteiger partial charge in [-0.3, -0.25) is 4.79 Å². The summed E-state index contributed by atoms with van der Waals surface area (Å²) in [4.78, 5) is 12.7. The molecule has 4 aromatic rings. The van der Waals surface area contributed by atoms with Crippen molar-refractivity contribution in [3.8, 4) is 11.8 Å². The average Bonchev–Trinajstić information content (AvgIpc) is 2.84. The molecule has 0 aromatic heterocycles. The maximum Gasteiger partial charge on any atom is 0.266 e. The van der Waals surface area contributed by atoms with Gasteiger partial charge in [0, 0.05) is 11.3 Å². The third-order valence-electron chi connectivity index (χ3n) is 5.02. The van der Waals surface area contributed by atoms with Crippen LogP contribution in [0.5, 0.6) is 5.75 Å². The number of para-hydroxylation sites is 1. The van der Waals surface area contributed by atoms with E-state index in [9.17, 15) is 10.1 Å². The summed E-state index contributed by atoms with van der Waals surface area (Å²) in [5, 5.41) is 15.2. The number of nitrogens with zero attached hydrogens (tertiary/aromatic N) is 1. The Morgan fingerprint density at radius 2 is 1.70 bits per heavy atom. The standard InChI is InChI=1S/C27H18Cl2N2O2/c28-24-13-12-22(15-25(24)29)31-27(32)21(16-30)14-19-7-2-4-11-26(19)33-17-20-9-5-8-18-6-1-3-10-23(18)20/h1-15H,17H2,(H,31,32)/b21-14+. The highest BCUT2D eigenvalue weighted by atomic mass is 35.5. The van der Waals surface area contributed by atoms with Crippen molar-refractivity contribution < 1.29 is 9.53 Å². The van der Waals surface area contributed by atoms with E-state index in [-0.39, 0.29) is 5.57 Å². The van der Waals surface area contributed by atoms with Crippen LogP contribution in [-0.2, 0) is 11.4 Å². The van der Waals surface area contributed by atoms with E-state index in [2.05, 4.69) is 23.5 Å². The van der Waals surface area contributed by atoms with Gasteiger partial charge in [-0.2, -0.15) is 5.26 Å². The summed E-state index contributed by atoms with van der Waals surface area (Å²) in [5.74, 6) is 0.0141. The summed E-state index contributed by atoms with van der Waals surface area (Å²) in [5.41, 5.74) is 2.04. The van der Waals surface area contributed by atoms with Gasteiger partial charge in [-0.25, -0.2) is 0 Å². The zero-order chi connectivity index (χ0) is 23.2. The van der Waals surface area contributed by atoms with Gasteiger partial charge < -0.3 is 10.1 Å². The fraction of sp³-hybridized carbons (Fsp3) is 0.0370. The number of hydrogen-bond acceptors (Lipinski definition) is 3. The average molecular weight is 473 g/mol. The highest BCUT2D eigenvalue weighted by Crippen LogP contribution is 2.27. The lowest BCUT2D eigenvalue weighted by Gasteiger charge is -2.12. The molecule has 33 heavy (non-hydrogen) atoms. The highest BCUT2D eigenvalue weighted by Gasteiger charge is 2.12. The van der Waals surface area contributed by atoms with Crippen LogP contribution in [0.2, 0.25) is 10.0 Å². The highest BCUT2D eigenvalue weighted by molar-refractivity contribution is 6.42. The minimum Gasteiger partial charge on any atom is -0.488 e. The lowest BCUT2D eigenvalue weighted by Crippen LogP contribution is -2.13. The molecule has 0 bridgehead atoms. The zero-order valence-electron chi connectivity index (χ0n) is 17.4. The second-order valence-corrected chi connectivity index (χ2v) is 8.03. The third kappa shape index (κ3) is 5.35. The number of nitrogens with one attached hydrogen (secondary N) is 1. The van der Waals surface area contributed by atoms with Gasteiger partial charge in [0.2, 0.25) is 0 Å². The first kappa shape index (κ1) is 22.4. The molecule has 162 valence electrons. The third-order valence-corrected chi connectivity index (χ3v) is 5.76. The van der Waals surface area contributed by atoms with Crippen LogP contribution in [0.1, 0.15) is 11.1 Å². The minimum atomic E-state index is -0.556. The fourth-order valence-electron chi connectivity index (χ4n) is 3.38. The monoisotopic (exact) mass is 472 g/mol. The molecule has 4 rings (SSSR count). The molecule has 0 radical (unpaired) electrons. The van der Waals surface area contributed by atoms with Gasteiger partial charge in [-0.1, -0.05) is 83.9 Å². The lowest BCUT2D eigenvalue weighted by molar-refractivity contribution is -0.112. The number of nitriles is 1. The number of amides is 1. The fourth-order valence-corrected chi connectivity index (χ4v) is 3.68. The number of rotatable bonds is 6. The summed E-state index contributed by atoms with van der Waals surface area (Å²) < 4.78 is 6.09. The largest absolute Gasteiger partial charge is 0.488 e. The molecule has 6 heteroatoms. The van der Waals surface area contributed by atoms with Crippen molar-refractivity contribution in [1.82, 2.24) is 0 Å². The molecule has 0 fully saturated rings. The van der Waals surface area contributed by atoms with Crippen LogP contribution in [0.3, 0.4) is 0 Å². The lowest BCUT2D eigenvalue weighted by atomic mass is 10.1. The van der Waals surface area contributed by atoms with Crippen LogP contribution in [0.15, 0.2) is 90.5 Å². The van der Waals surface area contributed by atoms with E-state index in [1.165, 1.54) is 12.1 Å². The first-order valence-electron chi connectivity index (χ1n) is 10.1. The number of carbonyl (C=O) groups excluding carboxylic acids is 1. The van der Waals surface area contributed by atoms with Crippen molar-refractivity contribution in [2.24, 2.45) is 0 Å². The molecule has 4 aromatic carbocycles. The molecule has 0 heterocycles. The molecule has 0 unspecified atom stereocenters. The quantitative estimate of drug-likeness (QED) is 0.237. The first-order chi connectivity index (χ1) is 16.0. The van der Waals surface area contributed by atoms with E-state index in [4.69, 9.17) is 27.9 Å². The van der Waals surface area contributed by atoms with Crippen LogP contribution in [0.25, 0.3) is 16.8 Å². The predicted octanol–water partition coefficient (Wildman–Crippen LogP) is 7.27. The van der Waals surface area contributed by atoms with Crippen molar-refractivity contribution in [2.75, 3.05) is 5.32 Å². The Balaban J connectivity index is 1.55. The van der Waals surface area contributed by atoms with Crippen LogP contribution in [0, 0.1) is 11.3 Å². The topological polar surface area (TPSA) is 62.1 Å². The number of ether oxygens (including phenoxy) is 1. The summed E-state index contributed by atoms with van der Waals surface area (Å²) in [7, 11) is 0. The van der Waals surface area contributed by atoms with Crippen molar-refractivity contribution in [2.45, 2.75) is 6.61 Å². The van der Waals surface area contributed by atoms with Crippen LogP contribution >= 0.6 is 23.2 Å². The van der Waals surface area contributed by atoms with Crippen molar-refractivity contribution in [3.63, 3.8) is 0 Å². The number of carbonyl (C=O) groups is 1. The molecule has 0 aliphatic heterocycles. The van der Waals surface area contributed by atoms with E-state index in [0.29, 0.717) is 33.7 Å². The Bertz CT molecular complexity index is 1400. The summed E-state index contributed by atoms with van der Waals surface area (Å²) in [6.45, 7) is 0.351. The zero-order valence-corrected chi connectivity index (χ0v) is 18.9. The Morgan fingerprint density at radius 3 is 2.52 bits per heavy atom. The number of anilines is 1. The Morgan fingerprint density at radius 1 is 0.939 bits per heavy atom. The maximum atomic E-state index is 12.7. The molecular formula is C27H18Cl2N2O2. The normalized spacial score (nSPS) is 11.1. The molecule has 0 atom stereocenters. The number of benzene rings is 4. The van der Waals surface area contributed by atoms with Crippen molar-refractivity contribution in [1.29, 1.82) is 5.26 Å².